The summed E-state index contributed by atoms with van der Waals surface area (Å²) in [4.78, 5) is 11.9. The van der Waals surface area contributed by atoms with E-state index in [1.165, 1.54) is 109 Å². The van der Waals surface area contributed by atoms with Crippen molar-refractivity contribution < 1.29 is 31.5 Å². The Morgan fingerprint density at radius 2 is 1.00 bits per heavy atom. The molecule has 0 saturated carbocycles. The molecule has 4 nitrogen and oxygen atoms in total. The average molecular weight is 492 g/mol. The number of unbranched alkanes of at least 4 members (excludes halogenated alkanes) is 18. The van der Waals surface area contributed by atoms with Gasteiger partial charge in [-0.1, -0.05) is 122 Å². The van der Waals surface area contributed by atoms with Crippen molar-refractivity contribution >= 4 is 5.97 Å². The van der Waals surface area contributed by atoms with Crippen molar-refractivity contribution in [1.82, 2.24) is 0 Å². The molecule has 0 aromatic heterocycles. The number of aliphatic hydroxyl groups is 1. The maximum atomic E-state index is 11.9. The SMILES string of the molecule is CCCCCCCCCCCCCCCCCCCCCC(=O)OC[N+](C)(C)CCCO.[Cl-]. The summed E-state index contributed by atoms with van der Waals surface area (Å²) in [6.45, 7) is 3.70. The largest absolute Gasteiger partial charge is 1.00 e. The summed E-state index contributed by atoms with van der Waals surface area (Å²) in [7, 11) is 4.06. The third-order valence-corrected chi connectivity index (χ3v) is 6.48. The minimum atomic E-state index is -0.0767. The van der Waals surface area contributed by atoms with Gasteiger partial charge >= 0.3 is 5.97 Å². The molecule has 0 atom stereocenters. The van der Waals surface area contributed by atoms with Crippen molar-refractivity contribution in [1.29, 1.82) is 0 Å². The van der Waals surface area contributed by atoms with E-state index in [1.54, 1.807) is 0 Å². The van der Waals surface area contributed by atoms with Crippen LogP contribution < -0.4 is 12.4 Å². The zero-order chi connectivity index (χ0) is 23.8. The van der Waals surface area contributed by atoms with Gasteiger partial charge in [0, 0.05) is 19.4 Å². The number of carbonyl (C=O) groups excluding carboxylic acids is 1. The Hall–Kier alpha value is -0.320. The normalized spacial score (nSPS) is 11.4. The van der Waals surface area contributed by atoms with Gasteiger partial charge in [-0.25, -0.2) is 0 Å². The minimum absolute atomic E-state index is 0. The van der Waals surface area contributed by atoms with Crippen molar-refractivity contribution in [2.75, 3.05) is 34.0 Å². The highest BCUT2D eigenvalue weighted by Gasteiger charge is 2.16. The number of esters is 1. The van der Waals surface area contributed by atoms with Gasteiger partial charge in [0.25, 0.3) is 0 Å². The van der Waals surface area contributed by atoms with E-state index in [9.17, 15) is 4.79 Å². The Balaban J connectivity index is 0. The van der Waals surface area contributed by atoms with Gasteiger partial charge in [-0.15, -0.1) is 0 Å². The molecule has 0 aliphatic carbocycles. The van der Waals surface area contributed by atoms with Crippen molar-refractivity contribution in [2.45, 2.75) is 142 Å². The first-order valence-corrected chi connectivity index (χ1v) is 14.1. The lowest BCUT2D eigenvalue weighted by atomic mass is 10.0. The summed E-state index contributed by atoms with van der Waals surface area (Å²) < 4.78 is 6.01. The highest BCUT2D eigenvalue weighted by molar-refractivity contribution is 5.69. The number of hydrogen-bond donors (Lipinski definition) is 1. The molecule has 0 bridgehead atoms. The average Bonchev–Trinajstić information content (AvgIpc) is 2.78. The molecule has 0 unspecified atom stereocenters. The molecule has 0 spiro atoms. The van der Waals surface area contributed by atoms with Crippen LogP contribution in [0.25, 0.3) is 0 Å². The fourth-order valence-corrected chi connectivity index (χ4v) is 4.23. The molecule has 33 heavy (non-hydrogen) atoms. The lowest BCUT2D eigenvalue weighted by Gasteiger charge is -2.28. The van der Waals surface area contributed by atoms with Gasteiger partial charge in [-0.05, 0) is 6.42 Å². The highest BCUT2D eigenvalue weighted by atomic mass is 35.5. The molecule has 200 valence electrons. The van der Waals surface area contributed by atoms with Crippen molar-refractivity contribution in [3.05, 3.63) is 0 Å². The Labute approximate surface area is 213 Å². The van der Waals surface area contributed by atoms with Crippen LogP contribution in [0.5, 0.6) is 0 Å². The van der Waals surface area contributed by atoms with E-state index < -0.39 is 0 Å². The van der Waals surface area contributed by atoms with E-state index in [4.69, 9.17) is 9.84 Å². The topological polar surface area (TPSA) is 46.5 Å². The summed E-state index contributed by atoms with van der Waals surface area (Å²) in [5.74, 6) is -0.0767. The second-order valence-corrected chi connectivity index (χ2v) is 10.5. The molecule has 5 heteroatoms. The third kappa shape index (κ3) is 27.8. The number of quaternary nitrogens is 1. The van der Waals surface area contributed by atoms with Crippen LogP contribution in [0, 0.1) is 0 Å². The predicted octanol–water partition coefficient (Wildman–Crippen LogP) is 4.77. The van der Waals surface area contributed by atoms with Gasteiger partial charge in [-0.3, -0.25) is 9.28 Å². The zero-order valence-corrected chi connectivity index (χ0v) is 23.3. The van der Waals surface area contributed by atoms with Crippen LogP contribution in [0.4, 0.5) is 0 Å². The van der Waals surface area contributed by atoms with E-state index in [2.05, 4.69) is 6.92 Å². The molecular weight excluding hydrogens is 434 g/mol. The van der Waals surface area contributed by atoms with Crippen molar-refractivity contribution in [3.63, 3.8) is 0 Å². The molecule has 0 fully saturated rings. The Morgan fingerprint density at radius 3 is 1.36 bits per heavy atom. The van der Waals surface area contributed by atoms with Crippen molar-refractivity contribution in [2.24, 2.45) is 0 Å². The summed E-state index contributed by atoms with van der Waals surface area (Å²) in [6, 6.07) is 0. The Bertz CT molecular complexity index is 405. The van der Waals surface area contributed by atoms with Crippen LogP contribution in [-0.4, -0.2) is 49.5 Å². The smallest absolute Gasteiger partial charge is 0.310 e. The first-order chi connectivity index (χ1) is 15.5. The molecule has 0 amide bonds. The van der Waals surface area contributed by atoms with Gasteiger partial charge in [0.2, 0.25) is 6.73 Å². The third-order valence-electron chi connectivity index (χ3n) is 6.48. The monoisotopic (exact) mass is 491 g/mol. The second kappa shape index (κ2) is 26.3. The van der Waals surface area contributed by atoms with E-state index in [-0.39, 0.29) is 25.0 Å². The molecule has 1 N–H and O–H groups in total. The fraction of sp³-hybridized carbons (Fsp3) is 0.964. The van der Waals surface area contributed by atoms with Crippen LogP contribution in [0.15, 0.2) is 0 Å². The quantitative estimate of drug-likeness (QED) is 0.0865. The number of carbonyl (C=O) groups is 1. The number of hydrogen-bond acceptors (Lipinski definition) is 3. The minimum Gasteiger partial charge on any atom is -1.00 e. The standard InChI is InChI=1S/C28H58NO3.ClH/c1-4-5-6-7-8-9-10-11-12-13-14-15-16-17-18-19-20-21-22-24-28(31)32-27-29(2,3)25-23-26-30;/h30H,4-27H2,1-3H3;1H/q+1;/p-1. The summed E-state index contributed by atoms with van der Waals surface area (Å²) in [5.41, 5.74) is 0. The molecule has 0 aliphatic rings. The molecule has 0 aromatic rings. The summed E-state index contributed by atoms with van der Waals surface area (Å²) in [5, 5.41) is 8.92. The van der Waals surface area contributed by atoms with Gasteiger partial charge < -0.3 is 22.3 Å². The number of ether oxygens (including phenoxy) is 1. The maximum absolute atomic E-state index is 11.9. The van der Waals surface area contributed by atoms with Gasteiger partial charge in [-0.2, -0.15) is 0 Å². The fourth-order valence-electron chi connectivity index (χ4n) is 4.23. The molecule has 0 heterocycles. The first kappa shape index (κ1) is 34.8. The van der Waals surface area contributed by atoms with Crippen LogP contribution in [-0.2, 0) is 9.53 Å². The van der Waals surface area contributed by atoms with Crippen LogP contribution in [0.1, 0.15) is 142 Å². The number of nitrogens with zero attached hydrogens (tertiary/aromatic N) is 1. The predicted molar refractivity (Wildman–Crippen MR) is 138 cm³/mol. The van der Waals surface area contributed by atoms with E-state index in [0.717, 1.165) is 25.8 Å². The lowest BCUT2D eigenvalue weighted by Crippen LogP contribution is -3.00. The van der Waals surface area contributed by atoms with Crippen LogP contribution >= 0.6 is 0 Å². The van der Waals surface area contributed by atoms with Crippen LogP contribution in [0.2, 0.25) is 0 Å². The van der Waals surface area contributed by atoms with Gasteiger partial charge in [0.1, 0.15) is 0 Å². The van der Waals surface area contributed by atoms with Gasteiger partial charge in [0.15, 0.2) is 0 Å². The number of rotatable bonds is 25. The zero-order valence-electron chi connectivity index (χ0n) is 22.6. The molecule has 0 saturated heterocycles. The highest BCUT2D eigenvalue weighted by Crippen LogP contribution is 2.15. The molecule has 0 radical (unpaired) electrons. The van der Waals surface area contributed by atoms with E-state index >= 15 is 0 Å². The van der Waals surface area contributed by atoms with Crippen LogP contribution in [0.3, 0.4) is 0 Å². The first-order valence-electron chi connectivity index (χ1n) is 14.1. The van der Waals surface area contributed by atoms with E-state index in [1.807, 2.05) is 14.1 Å². The molecule has 0 aromatic carbocycles. The maximum Gasteiger partial charge on any atom is 0.310 e. The lowest BCUT2D eigenvalue weighted by molar-refractivity contribution is -0.907. The Morgan fingerprint density at radius 1 is 0.636 bits per heavy atom. The number of aliphatic hydroxyl groups excluding tert-OH is 1. The summed E-state index contributed by atoms with van der Waals surface area (Å²) >= 11 is 0. The molecular formula is C28H58ClNO3. The van der Waals surface area contributed by atoms with E-state index in [0.29, 0.717) is 17.6 Å². The van der Waals surface area contributed by atoms with Gasteiger partial charge in [0.05, 0.1) is 20.6 Å². The molecule has 0 rings (SSSR count). The summed E-state index contributed by atoms with van der Waals surface area (Å²) in [6.07, 6.45) is 27.2. The second-order valence-electron chi connectivity index (χ2n) is 10.5. The number of halogens is 1. The molecule has 0 aliphatic heterocycles. The van der Waals surface area contributed by atoms with Crippen molar-refractivity contribution in [3.8, 4) is 0 Å². The Kier molecular flexibility index (Phi) is 27.8.